The number of allylic oxidation sites excluding steroid dienone is 3. The monoisotopic (exact) mass is 339 g/mol. The van der Waals surface area contributed by atoms with Gasteiger partial charge in [-0.3, -0.25) is 0 Å². The van der Waals surface area contributed by atoms with Gasteiger partial charge < -0.3 is 15.0 Å². The lowest BCUT2D eigenvalue weighted by Gasteiger charge is -2.30. The molecule has 1 aliphatic heterocycles. The molecule has 2 rings (SSSR count). The zero-order valence-corrected chi connectivity index (χ0v) is 14.2. The standard InChI is InChI=1S/C16H18ClNO3S/c1-4-22(21)15-10(3)18-9(2)13(16(19)20)14(15)11-6-5-7-12(17)8-11/h5-8,14,18H,4H2,1-3H3,(H,19,20). The molecule has 0 aromatic heterocycles. The van der Waals surface area contributed by atoms with Gasteiger partial charge in [-0.2, -0.15) is 0 Å². The maximum Gasteiger partial charge on any atom is 0.334 e. The molecule has 1 aromatic carbocycles. The van der Waals surface area contributed by atoms with E-state index in [2.05, 4.69) is 5.32 Å². The first-order valence-electron chi connectivity index (χ1n) is 6.92. The van der Waals surface area contributed by atoms with Crippen molar-refractivity contribution in [2.45, 2.75) is 26.7 Å². The average Bonchev–Trinajstić information content (AvgIpc) is 2.45. The Morgan fingerprint density at radius 3 is 2.64 bits per heavy atom. The highest BCUT2D eigenvalue weighted by Crippen LogP contribution is 2.41. The molecular weight excluding hydrogens is 322 g/mol. The Morgan fingerprint density at radius 1 is 1.41 bits per heavy atom. The number of halogens is 1. The molecule has 0 amide bonds. The van der Waals surface area contributed by atoms with Gasteiger partial charge in [0.25, 0.3) is 0 Å². The lowest BCUT2D eigenvalue weighted by molar-refractivity contribution is -0.133. The molecule has 0 aliphatic carbocycles. The largest absolute Gasteiger partial charge is 0.612 e. The Kier molecular flexibility index (Phi) is 5.21. The molecule has 1 aliphatic rings. The van der Waals surface area contributed by atoms with Gasteiger partial charge in [0.05, 0.1) is 17.2 Å². The van der Waals surface area contributed by atoms with E-state index in [4.69, 9.17) is 11.6 Å². The molecular formula is C16H18ClNO3S. The van der Waals surface area contributed by atoms with Gasteiger partial charge in [0.1, 0.15) is 5.75 Å². The number of carboxylic acids is 1. The first-order chi connectivity index (χ1) is 10.4. The van der Waals surface area contributed by atoms with Crippen molar-refractivity contribution in [1.82, 2.24) is 5.32 Å². The fraction of sp³-hybridized carbons (Fsp3) is 0.312. The molecule has 1 aromatic rings. The Hall–Kier alpha value is -1.43. The molecule has 22 heavy (non-hydrogen) atoms. The number of hydrogen-bond donors (Lipinski definition) is 2. The highest BCUT2D eigenvalue weighted by atomic mass is 35.5. The molecule has 4 nitrogen and oxygen atoms in total. The van der Waals surface area contributed by atoms with Crippen LogP contribution < -0.4 is 5.32 Å². The lowest BCUT2D eigenvalue weighted by Crippen LogP contribution is -2.31. The minimum absolute atomic E-state index is 0.213. The fourth-order valence-electron chi connectivity index (χ4n) is 2.72. The minimum atomic E-state index is -1.26. The second-order valence-electron chi connectivity index (χ2n) is 5.08. The van der Waals surface area contributed by atoms with Gasteiger partial charge in [-0.25, -0.2) is 4.79 Å². The summed E-state index contributed by atoms with van der Waals surface area (Å²) in [6.07, 6.45) is 0. The third-order valence-electron chi connectivity index (χ3n) is 3.62. The lowest BCUT2D eigenvalue weighted by atomic mass is 9.86. The number of aliphatic carboxylic acids is 1. The molecule has 2 atom stereocenters. The third kappa shape index (κ3) is 3.16. The highest BCUT2D eigenvalue weighted by Gasteiger charge is 2.39. The van der Waals surface area contributed by atoms with Crippen LogP contribution in [0.1, 0.15) is 32.3 Å². The zero-order valence-electron chi connectivity index (χ0n) is 12.6. The van der Waals surface area contributed by atoms with Crippen molar-refractivity contribution in [2.75, 3.05) is 5.75 Å². The number of rotatable bonds is 4. The maximum absolute atomic E-state index is 12.5. The van der Waals surface area contributed by atoms with Crippen molar-refractivity contribution in [3.05, 3.63) is 56.7 Å². The van der Waals surface area contributed by atoms with Crippen LogP contribution in [0.3, 0.4) is 0 Å². The fourth-order valence-corrected chi connectivity index (χ4v) is 4.14. The first kappa shape index (κ1) is 16.9. The van der Waals surface area contributed by atoms with Crippen LogP contribution in [0.4, 0.5) is 0 Å². The van der Waals surface area contributed by atoms with E-state index in [1.54, 1.807) is 25.1 Å². The topological polar surface area (TPSA) is 72.4 Å². The van der Waals surface area contributed by atoms with Crippen LogP contribution in [0.25, 0.3) is 0 Å². The Morgan fingerprint density at radius 2 is 2.09 bits per heavy atom. The number of nitrogens with one attached hydrogen (secondary N) is 1. The van der Waals surface area contributed by atoms with E-state index in [0.29, 0.717) is 21.4 Å². The van der Waals surface area contributed by atoms with Crippen LogP contribution in [0.15, 0.2) is 46.1 Å². The predicted octanol–water partition coefficient (Wildman–Crippen LogP) is 3.39. The Bertz CT molecular complexity index is 669. The van der Waals surface area contributed by atoms with Crippen molar-refractivity contribution in [3.8, 4) is 0 Å². The first-order valence-corrected chi connectivity index (χ1v) is 8.62. The van der Waals surface area contributed by atoms with Crippen molar-refractivity contribution in [1.29, 1.82) is 0 Å². The second-order valence-corrected chi connectivity index (χ2v) is 7.22. The van der Waals surface area contributed by atoms with Gasteiger partial charge in [-0.15, -0.1) is 0 Å². The molecule has 0 spiro atoms. The summed E-state index contributed by atoms with van der Waals surface area (Å²) in [6.45, 7) is 5.36. The number of carboxylic acid groups (broad SMARTS) is 1. The normalized spacial score (nSPS) is 20.0. The van der Waals surface area contributed by atoms with Gasteiger partial charge in [-0.05, 0) is 49.6 Å². The van der Waals surface area contributed by atoms with E-state index < -0.39 is 23.1 Å². The SMILES string of the molecule is CC[S+]([O-])C1=C(C)NC(C)=C(C(=O)O)C1c1cccc(Cl)c1. The van der Waals surface area contributed by atoms with Crippen LogP contribution in [0.2, 0.25) is 5.02 Å². The zero-order chi connectivity index (χ0) is 16.4. The van der Waals surface area contributed by atoms with E-state index in [1.165, 1.54) is 0 Å². The van der Waals surface area contributed by atoms with Crippen LogP contribution >= 0.6 is 11.6 Å². The summed E-state index contributed by atoms with van der Waals surface area (Å²) in [5.41, 5.74) is 2.26. The number of carbonyl (C=O) groups is 1. The molecule has 6 heteroatoms. The molecule has 2 N–H and O–H groups in total. The van der Waals surface area contributed by atoms with Crippen molar-refractivity contribution in [2.24, 2.45) is 0 Å². The summed E-state index contributed by atoms with van der Waals surface area (Å²) < 4.78 is 12.5. The summed E-state index contributed by atoms with van der Waals surface area (Å²) in [5, 5.41) is 13.2. The summed E-state index contributed by atoms with van der Waals surface area (Å²) in [4.78, 5) is 12.3. The van der Waals surface area contributed by atoms with E-state index in [1.807, 2.05) is 19.9 Å². The van der Waals surface area contributed by atoms with Crippen LogP contribution in [-0.2, 0) is 16.0 Å². The summed E-state index contributed by atoms with van der Waals surface area (Å²) in [7, 11) is 0. The van der Waals surface area contributed by atoms with E-state index in [0.717, 1.165) is 11.3 Å². The van der Waals surface area contributed by atoms with Gasteiger partial charge in [0, 0.05) is 10.7 Å². The smallest absolute Gasteiger partial charge is 0.334 e. The molecule has 2 unspecified atom stereocenters. The maximum atomic E-state index is 12.5. The van der Waals surface area contributed by atoms with Crippen molar-refractivity contribution >= 4 is 28.7 Å². The molecule has 0 saturated carbocycles. The van der Waals surface area contributed by atoms with Crippen molar-refractivity contribution < 1.29 is 14.5 Å². The molecule has 0 fully saturated rings. The van der Waals surface area contributed by atoms with Crippen LogP contribution in [0.5, 0.6) is 0 Å². The van der Waals surface area contributed by atoms with E-state index >= 15 is 0 Å². The summed E-state index contributed by atoms with van der Waals surface area (Å²) in [6, 6.07) is 7.05. The average molecular weight is 340 g/mol. The molecule has 0 saturated heterocycles. The highest BCUT2D eigenvalue weighted by molar-refractivity contribution is 7.95. The minimum Gasteiger partial charge on any atom is -0.612 e. The van der Waals surface area contributed by atoms with Gasteiger partial charge in [-0.1, -0.05) is 23.7 Å². The van der Waals surface area contributed by atoms with Crippen LogP contribution in [0, 0.1) is 0 Å². The Balaban J connectivity index is 2.67. The summed E-state index contributed by atoms with van der Waals surface area (Å²) in [5.74, 6) is -1.15. The summed E-state index contributed by atoms with van der Waals surface area (Å²) >= 11 is 4.80. The van der Waals surface area contributed by atoms with Gasteiger partial charge in [0.15, 0.2) is 4.91 Å². The number of benzene rings is 1. The molecule has 118 valence electrons. The van der Waals surface area contributed by atoms with Crippen molar-refractivity contribution in [3.63, 3.8) is 0 Å². The van der Waals surface area contributed by atoms with Crippen LogP contribution in [-0.4, -0.2) is 21.4 Å². The Labute approximate surface area is 138 Å². The predicted molar refractivity (Wildman–Crippen MR) is 89.0 cm³/mol. The van der Waals surface area contributed by atoms with Gasteiger partial charge in [0.2, 0.25) is 0 Å². The van der Waals surface area contributed by atoms with E-state index in [9.17, 15) is 14.5 Å². The number of hydrogen-bond acceptors (Lipinski definition) is 3. The number of dihydropyridines is 1. The van der Waals surface area contributed by atoms with E-state index in [-0.39, 0.29) is 5.57 Å². The third-order valence-corrected chi connectivity index (χ3v) is 5.41. The molecule has 1 heterocycles. The quantitative estimate of drug-likeness (QED) is 0.825. The van der Waals surface area contributed by atoms with Gasteiger partial charge >= 0.3 is 5.97 Å². The molecule has 0 radical (unpaired) electrons. The molecule has 0 bridgehead atoms. The second kappa shape index (κ2) is 6.77.